The molecule has 0 atom stereocenters. The Morgan fingerprint density at radius 1 is 1.00 bits per heavy atom. The Morgan fingerprint density at radius 2 is 1.68 bits per heavy atom. The number of carbonyl (C=O) groups excluding carboxylic acids is 2. The highest BCUT2D eigenvalue weighted by atomic mass is 16.5. The highest BCUT2D eigenvalue weighted by Gasteiger charge is 2.02. The van der Waals surface area contributed by atoms with Gasteiger partial charge in [-0.1, -0.05) is 0 Å². The molecule has 0 aliphatic carbocycles. The standard InChI is InChI=1S/C15H16N4O3/c1-10(20)18-11-3-5-12(6-4-11)22-13-7-8-14(17-9-13)19-15(21)16-2/h3-9H,1-2H3,(H,18,20)(H2,16,17,19,21). The van der Waals surface area contributed by atoms with Crippen LogP contribution in [0, 0.1) is 0 Å². The molecule has 7 heteroatoms. The zero-order valence-corrected chi connectivity index (χ0v) is 12.2. The van der Waals surface area contributed by atoms with Crippen molar-refractivity contribution in [3.63, 3.8) is 0 Å². The molecule has 2 rings (SSSR count). The first-order valence-corrected chi connectivity index (χ1v) is 6.57. The van der Waals surface area contributed by atoms with E-state index in [4.69, 9.17) is 4.74 Å². The molecule has 0 aliphatic heterocycles. The molecule has 0 bridgehead atoms. The Balaban J connectivity index is 1.98. The molecule has 0 unspecified atom stereocenters. The van der Waals surface area contributed by atoms with E-state index in [1.807, 2.05) is 0 Å². The first-order valence-electron chi connectivity index (χ1n) is 6.57. The second-order valence-electron chi connectivity index (χ2n) is 4.39. The second kappa shape index (κ2) is 7.07. The van der Waals surface area contributed by atoms with Crippen LogP contribution in [0.2, 0.25) is 0 Å². The highest BCUT2D eigenvalue weighted by Crippen LogP contribution is 2.23. The molecule has 0 saturated heterocycles. The molecule has 1 aromatic heterocycles. The Kier molecular flexibility index (Phi) is 4.92. The van der Waals surface area contributed by atoms with Gasteiger partial charge in [0.15, 0.2) is 0 Å². The maximum absolute atomic E-state index is 11.1. The molecule has 114 valence electrons. The van der Waals surface area contributed by atoms with Crippen molar-refractivity contribution in [1.29, 1.82) is 0 Å². The van der Waals surface area contributed by atoms with E-state index >= 15 is 0 Å². The molecule has 22 heavy (non-hydrogen) atoms. The number of benzene rings is 1. The van der Waals surface area contributed by atoms with Crippen LogP contribution in [0.15, 0.2) is 42.6 Å². The maximum Gasteiger partial charge on any atom is 0.320 e. The third kappa shape index (κ3) is 4.48. The minimum Gasteiger partial charge on any atom is -0.456 e. The molecular formula is C15H16N4O3. The monoisotopic (exact) mass is 300 g/mol. The van der Waals surface area contributed by atoms with Gasteiger partial charge in [-0.15, -0.1) is 0 Å². The zero-order valence-electron chi connectivity index (χ0n) is 12.2. The molecule has 0 fully saturated rings. The van der Waals surface area contributed by atoms with Crippen LogP contribution in [0.25, 0.3) is 0 Å². The molecular weight excluding hydrogens is 284 g/mol. The van der Waals surface area contributed by atoms with E-state index in [1.54, 1.807) is 36.4 Å². The van der Waals surface area contributed by atoms with Gasteiger partial charge < -0.3 is 15.4 Å². The van der Waals surface area contributed by atoms with Gasteiger partial charge in [-0.25, -0.2) is 9.78 Å². The number of nitrogens with zero attached hydrogens (tertiary/aromatic N) is 1. The van der Waals surface area contributed by atoms with Gasteiger partial charge in [-0.2, -0.15) is 0 Å². The fraction of sp³-hybridized carbons (Fsp3) is 0.133. The maximum atomic E-state index is 11.1. The van der Waals surface area contributed by atoms with Crippen LogP contribution in [0.1, 0.15) is 6.92 Å². The van der Waals surface area contributed by atoms with Crippen molar-refractivity contribution in [2.75, 3.05) is 17.7 Å². The normalized spacial score (nSPS) is 9.73. The Hall–Kier alpha value is -3.09. The Bertz CT molecular complexity index is 653. The summed E-state index contributed by atoms with van der Waals surface area (Å²) in [4.78, 5) is 26.1. The first kappa shape index (κ1) is 15.3. The van der Waals surface area contributed by atoms with E-state index in [-0.39, 0.29) is 11.9 Å². The number of amides is 3. The van der Waals surface area contributed by atoms with Crippen molar-refractivity contribution in [3.05, 3.63) is 42.6 Å². The summed E-state index contributed by atoms with van der Waals surface area (Å²) < 4.78 is 5.62. The summed E-state index contributed by atoms with van der Waals surface area (Å²) in [5.74, 6) is 1.45. The van der Waals surface area contributed by atoms with Crippen molar-refractivity contribution >= 4 is 23.4 Å². The lowest BCUT2D eigenvalue weighted by atomic mass is 10.3. The number of carbonyl (C=O) groups is 2. The summed E-state index contributed by atoms with van der Waals surface area (Å²) in [5, 5.41) is 7.66. The van der Waals surface area contributed by atoms with E-state index in [0.29, 0.717) is 23.0 Å². The third-order valence-electron chi connectivity index (χ3n) is 2.62. The minimum atomic E-state index is -0.338. The van der Waals surface area contributed by atoms with Crippen molar-refractivity contribution in [3.8, 4) is 11.5 Å². The molecule has 7 nitrogen and oxygen atoms in total. The molecule has 3 amide bonds. The van der Waals surface area contributed by atoms with Gasteiger partial charge in [0.05, 0.1) is 6.20 Å². The van der Waals surface area contributed by atoms with Gasteiger partial charge in [-0.05, 0) is 36.4 Å². The number of nitrogens with one attached hydrogen (secondary N) is 3. The van der Waals surface area contributed by atoms with Crippen molar-refractivity contribution in [1.82, 2.24) is 10.3 Å². The molecule has 2 aromatic rings. The predicted octanol–water partition coefficient (Wildman–Crippen LogP) is 2.58. The number of ether oxygens (including phenoxy) is 1. The summed E-state index contributed by atoms with van der Waals surface area (Å²) in [5.41, 5.74) is 0.697. The van der Waals surface area contributed by atoms with Gasteiger partial charge in [0.2, 0.25) is 5.91 Å². The highest BCUT2D eigenvalue weighted by molar-refractivity contribution is 5.88. The third-order valence-corrected chi connectivity index (χ3v) is 2.62. The van der Waals surface area contributed by atoms with Crippen LogP contribution >= 0.6 is 0 Å². The number of hydrogen-bond acceptors (Lipinski definition) is 4. The number of rotatable bonds is 4. The number of hydrogen-bond donors (Lipinski definition) is 3. The van der Waals surface area contributed by atoms with Crippen molar-refractivity contribution < 1.29 is 14.3 Å². The molecule has 0 radical (unpaired) electrons. The largest absolute Gasteiger partial charge is 0.456 e. The molecule has 1 heterocycles. The molecule has 0 spiro atoms. The van der Waals surface area contributed by atoms with E-state index in [1.165, 1.54) is 20.2 Å². The van der Waals surface area contributed by atoms with E-state index in [9.17, 15) is 9.59 Å². The van der Waals surface area contributed by atoms with Crippen LogP contribution in [0.4, 0.5) is 16.3 Å². The zero-order chi connectivity index (χ0) is 15.9. The molecule has 1 aromatic carbocycles. The van der Waals surface area contributed by atoms with Crippen molar-refractivity contribution in [2.45, 2.75) is 6.92 Å². The van der Waals surface area contributed by atoms with Crippen LogP contribution in [-0.2, 0) is 4.79 Å². The minimum absolute atomic E-state index is 0.128. The Morgan fingerprint density at radius 3 is 2.23 bits per heavy atom. The van der Waals surface area contributed by atoms with Gasteiger partial charge >= 0.3 is 6.03 Å². The predicted molar refractivity (Wildman–Crippen MR) is 83.1 cm³/mol. The van der Waals surface area contributed by atoms with E-state index in [0.717, 1.165) is 0 Å². The Labute approximate surface area is 127 Å². The molecule has 3 N–H and O–H groups in total. The van der Waals surface area contributed by atoms with Gasteiger partial charge in [0.1, 0.15) is 17.3 Å². The summed E-state index contributed by atoms with van der Waals surface area (Å²) in [7, 11) is 1.53. The first-order chi connectivity index (χ1) is 10.6. The smallest absolute Gasteiger partial charge is 0.320 e. The van der Waals surface area contributed by atoms with Gasteiger partial charge in [0.25, 0.3) is 0 Å². The summed E-state index contributed by atoms with van der Waals surface area (Å²) in [6.07, 6.45) is 1.51. The lowest BCUT2D eigenvalue weighted by Gasteiger charge is -2.08. The fourth-order valence-corrected chi connectivity index (χ4v) is 1.64. The van der Waals surface area contributed by atoms with Gasteiger partial charge in [0, 0.05) is 19.7 Å². The number of pyridine rings is 1. The van der Waals surface area contributed by atoms with Crippen LogP contribution in [0.3, 0.4) is 0 Å². The number of anilines is 2. The SMILES string of the molecule is CNC(=O)Nc1ccc(Oc2ccc(NC(C)=O)cc2)cn1. The average molecular weight is 300 g/mol. The molecule has 0 saturated carbocycles. The number of aromatic nitrogens is 1. The lowest BCUT2D eigenvalue weighted by Crippen LogP contribution is -2.24. The summed E-state index contributed by atoms with van der Waals surface area (Å²) in [6.45, 7) is 1.45. The van der Waals surface area contributed by atoms with Crippen molar-refractivity contribution in [2.24, 2.45) is 0 Å². The summed E-state index contributed by atoms with van der Waals surface area (Å²) >= 11 is 0. The number of urea groups is 1. The van der Waals surface area contributed by atoms with Gasteiger partial charge in [-0.3, -0.25) is 10.1 Å². The quantitative estimate of drug-likeness (QED) is 0.809. The van der Waals surface area contributed by atoms with E-state index < -0.39 is 0 Å². The lowest BCUT2D eigenvalue weighted by molar-refractivity contribution is -0.114. The van der Waals surface area contributed by atoms with Crippen LogP contribution in [0.5, 0.6) is 11.5 Å². The molecule has 0 aliphatic rings. The fourth-order valence-electron chi connectivity index (χ4n) is 1.64. The summed E-state index contributed by atoms with van der Waals surface area (Å²) in [6, 6.07) is 9.95. The second-order valence-corrected chi connectivity index (χ2v) is 4.39. The van der Waals surface area contributed by atoms with E-state index in [2.05, 4.69) is 20.9 Å². The topological polar surface area (TPSA) is 92.4 Å². The average Bonchev–Trinajstić information content (AvgIpc) is 2.50. The van der Waals surface area contributed by atoms with Crippen LogP contribution < -0.4 is 20.7 Å². The van der Waals surface area contributed by atoms with Crippen LogP contribution in [-0.4, -0.2) is 24.0 Å².